The minimum absolute atomic E-state index is 0.298. The van der Waals surface area contributed by atoms with Gasteiger partial charge in [-0.25, -0.2) is 9.80 Å². The molecule has 5 rings (SSSR count). The number of urea groups is 1. The molecule has 0 bridgehead atoms. The molecule has 0 spiro atoms. The highest BCUT2D eigenvalue weighted by Crippen LogP contribution is 2.37. The fraction of sp³-hybridized carbons (Fsp3) is 0.333. The maximum atomic E-state index is 14.6. The Hall–Kier alpha value is -5.60. The zero-order chi connectivity index (χ0) is 41.5. The Labute approximate surface area is 344 Å². The van der Waals surface area contributed by atoms with E-state index in [0.717, 1.165) is 32.3 Å². The van der Waals surface area contributed by atoms with Gasteiger partial charge < -0.3 is 30.7 Å². The number of ether oxygens (including phenoxy) is 2. The van der Waals surface area contributed by atoms with Crippen LogP contribution in [0.25, 0.3) is 10.1 Å². The van der Waals surface area contributed by atoms with Gasteiger partial charge in [-0.1, -0.05) is 109 Å². The van der Waals surface area contributed by atoms with Crippen LogP contribution in [0.3, 0.4) is 0 Å². The van der Waals surface area contributed by atoms with Crippen LogP contribution in [0.2, 0.25) is 0 Å². The quantitative estimate of drug-likeness (QED) is 0.0376. The molecule has 5 aromatic rings. The van der Waals surface area contributed by atoms with Gasteiger partial charge >= 0.3 is 6.03 Å². The molecular weight excluding hydrogens is 753 g/mol. The Kier molecular flexibility index (Phi) is 15.5. The van der Waals surface area contributed by atoms with Crippen LogP contribution >= 0.6 is 11.3 Å². The summed E-state index contributed by atoms with van der Waals surface area (Å²) in [6.45, 7) is 8.01. The first kappa shape index (κ1) is 43.5. The predicted octanol–water partition coefficient (Wildman–Crippen LogP) is 5.87. The number of hydrogen-bond donors (Lipinski definition) is 5. The van der Waals surface area contributed by atoms with E-state index in [1.54, 1.807) is 25.2 Å². The number of thiophene rings is 1. The number of hydrazine groups is 1. The molecule has 5 amide bonds. The van der Waals surface area contributed by atoms with E-state index in [2.05, 4.69) is 44.2 Å². The van der Waals surface area contributed by atoms with E-state index in [1.807, 2.05) is 117 Å². The SMILES string of the molecule is CCNC(=O)NN(C)CC(=O)N[C@@H](CC(=O)NC(c1ccccc1)(c1ccccc1)c1ccccc1)C(=O)N[C@@H](C)C(Cc1csc2ccccc12)(OCC)OCC. The van der Waals surface area contributed by atoms with E-state index in [0.29, 0.717) is 26.2 Å². The Bertz CT molecular complexity index is 2000. The Balaban J connectivity index is 1.48. The number of hydrogen-bond acceptors (Lipinski definition) is 8. The van der Waals surface area contributed by atoms with Crippen molar-refractivity contribution in [2.45, 2.75) is 63.9 Å². The smallest absolute Gasteiger partial charge is 0.329 e. The van der Waals surface area contributed by atoms with Gasteiger partial charge in [-0.05, 0) is 66.8 Å². The molecule has 0 aliphatic carbocycles. The van der Waals surface area contributed by atoms with Crippen molar-refractivity contribution in [3.05, 3.63) is 143 Å². The van der Waals surface area contributed by atoms with Crippen molar-refractivity contribution in [3.8, 4) is 0 Å². The topological polar surface area (TPSA) is 150 Å². The maximum Gasteiger partial charge on any atom is 0.329 e. The summed E-state index contributed by atoms with van der Waals surface area (Å²) in [7, 11) is 1.53. The summed E-state index contributed by atoms with van der Waals surface area (Å²) in [6.07, 6.45) is -0.0842. The minimum atomic E-state index is -1.34. The normalized spacial score (nSPS) is 12.7. The molecule has 1 aromatic heterocycles. The zero-order valence-corrected chi connectivity index (χ0v) is 34.6. The molecule has 0 fully saturated rings. The van der Waals surface area contributed by atoms with Crippen LogP contribution in [0, 0.1) is 0 Å². The molecule has 12 nitrogen and oxygen atoms in total. The average Bonchev–Trinajstić information content (AvgIpc) is 3.63. The molecule has 13 heteroatoms. The number of nitrogens with zero attached hydrogens (tertiary/aromatic N) is 1. The summed E-state index contributed by atoms with van der Waals surface area (Å²) < 4.78 is 13.9. The van der Waals surface area contributed by atoms with Gasteiger partial charge in [-0.15, -0.1) is 11.3 Å². The molecule has 306 valence electrons. The fourth-order valence-electron chi connectivity index (χ4n) is 7.20. The van der Waals surface area contributed by atoms with Crippen molar-refractivity contribution in [1.82, 2.24) is 31.7 Å². The molecule has 4 aromatic carbocycles. The van der Waals surface area contributed by atoms with Crippen LogP contribution in [0.5, 0.6) is 0 Å². The van der Waals surface area contributed by atoms with E-state index >= 15 is 0 Å². The third kappa shape index (κ3) is 10.7. The molecule has 0 aliphatic rings. The van der Waals surface area contributed by atoms with Crippen molar-refractivity contribution in [1.29, 1.82) is 0 Å². The van der Waals surface area contributed by atoms with Crippen LogP contribution in [0.4, 0.5) is 4.79 Å². The molecule has 58 heavy (non-hydrogen) atoms. The van der Waals surface area contributed by atoms with Crippen LogP contribution < -0.4 is 26.7 Å². The summed E-state index contributed by atoms with van der Waals surface area (Å²) in [5.41, 5.74) is 4.83. The van der Waals surface area contributed by atoms with E-state index < -0.39 is 53.6 Å². The molecule has 5 N–H and O–H groups in total. The zero-order valence-electron chi connectivity index (χ0n) is 33.7. The summed E-state index contributed by atoms with van der Waals surface area (Å²) in [5.74, 6) is -2.98. The Morgan fingerprint density at radius 2 is 1.26 bits per heavy atom. The maximum absolute atomic E-state index is 14.6. The molecule has 0 saturated carbocycles. The van der Waals surface area contributed by atoms with Gasteiger partial charge in [-0.2, -0.15) is 0 Å². The highest BCUT2D eigenvalue weighted by atomic mass is 32.1. The van der Waals surface area contributed by atoms with Gasteiger partial charge in [0.1, 0.15) is 11.6 Å². The van der Waals surface area contributed by atoms with Crippen LogP contribution in [-0.2, 0) is 35.8 Å². The summed E-state index contributed by atoms with van der Waals surface area (Å²) >= 11 is 1.62. The van der Waals surface area contributed by atoms with Crippen LogP contribution in [0.15, 0.2) is 121 Å². The lowest BCUT2D eigenvalue weighted by Gasteiger charge is -2.39. The molecule has 2 atom stereocenters. The van der Waals surface area contributed by atoms with Crippen molar-refractivity contribution in [2.75, 3.05) is 33.4 Å². The third-order valence-electron chi connectivity index (χ3n) is 9.79. The lowest BCUT2D eigenvalue weighted by atomic mass is 9.77. The van der Waals surface area contributed by atoms with Gasteiger partial charge in [0.2, 0.25) is 17.7 Å². The lowest BCUT2D eigenvalue weighted by molar-refractivity contribution is -0.246. The van der Waals surface area contributed by atoms with E-state index in [-0.39, 0.29) is 6.54 Å². The summed E-state index contributed by atoms with van der Waals surface area (Å²) in [5, 5.41) is 16.2. The van der Waals surface area contributed by atoms with Crippen molar-refractivity contribution in [2.24, 2.45) is 0 Å². The largest absolute Gasteiger partial charge is 0.348 e. The highest BCUT2D eigenvalue weighted by molar-refractivity contribution is 7.17. The third-order valence-corrected chi connectivity index (χ3v) is 10.8. The van der Waals surface area contributed by atoms with Gasteiger partial charge in [0.05, 0.1) is 19.0 Å². The number of nitrogens with one attached hydrogen (secondary N) is 5. The van der Waals surface area contributed by atoms with Gasteiger partial charge in [0.15, 0.2) is 5.79 Å². The van der Waals surface area contributed by atoms with Gasteiger partial charge in [-0.3, -0.25) is 19.8 Å². The summed E-state index contributed by atoms with van der Waals surface area (Å²) in [6, 6.07) is 34.4. The second-order valence-electron chi connectivity index (χ2n) is 13.9. The van der Waals surface area contributed by atoms with Crippen LogP contribution in [0.1, 0.15) is 56.4 Å². The number of benzene rings is 4. The monoisotopic (exact) mass is 806 g/mol. The minimum Gasteiger partial charge on any atom is -0.348 e. The first-order chi connectivity index (χ1) is 28.0. The van der Waals surface area contributed by atoms with Gasteiger partial charge in [0.25, 0.3) is 0 Å². The molecular formula is C45H54N6O6S. The number of likely N-dealkylation sites (N-methyl/N-ethyl adjacent to an activating group) is 1. The number of amides is 5. The number of carbonyl (C=O) groups excluding carboxylic acids is 4. The lowest BCUT2D eigenvalue weighted by Crippen LogP contribution is -2.60. The molecule has 0 unspecified atom stereocenters. The highest BCUT2D eigenvalue weighted by Gasteiger charge is 2.42. The van der Waals surface area contributed by atoms with Crippen molar-refractivity contribution >= 4 is 45.2 Å². The molecule has 0 aliphatic heterocycles. The Morgan fingerprint density at radius 1 is 0.724 bits per heavy atom. The number of fused-ring (bicyclic) bond motifs is 1. The van der Waals surface area contributed by atoms with Gasteiger partial charge in [0, 0.05) is 37.9 Å². The number of carbonyl (C=O) groups is 4. The standard InChI is InChI=1S/C45H54N6O6S/c1-6-46-43(55)50-51(5)30-41(53)48-38(42(54)47-32(4)44(56-7-2,57-8-3)29-33-31-58-39-27-19-18-26-37(33)39)28-40(52)49-45(34-20-12-9-13-21-34,35-22-14-10-15-23-35)36-24-16-11-17-25-36/h9-27,31-32,38H,6-8,28-30H2,1-5H3,(H,47,54)(H,48,53)(H,49,52)(H2,46,50,55)/t32-,38-/m0/s1. The molecule has 0 saturated heterocycles. The second-order valence-corrected chi connectivity index (χ2v) is 14.8. The average molecular weight is 807 g/mol. The fourth-order valence-corrected chi connectivity index (χ4v) is 8.16. The Morgan fingerprint density at radius 3 is 1.79 bits per heavy atom. The van der Waals surface area contributed by atoms with E-state index in [1.165, 1.54) is 12.1 Å². The molecule has 1 heterocycles. The van der Waals surface area contributed by atoms with Crippen molar-refractivity contribution in [3.63, 3.8) is 0 Å². The predicted molar refractivity (Wildman–Crippen MR) is 228 cm³/mol. The summed E-state index contributed by atoms with van der Waals surface area (Å²) in [4.78, 5) is 54.8. The molecule has 0 radical (unpaired) electrons. The van der Waals surface area contributed by atoms with Crippen molar-refractivity contribution < 1.29 is 28.7 Å². The van der Waals surface area contributed by atoms with E-state index in [4.69, 9.17) is 9.47 Å². The second kappa shape index (κ2) is 20.7. The number of rotatable bonds is 20. The first-order valence-corrected chi connectivity index (χ1v) is 20.5. The van der Waals surface area contributed by atoms with Crippen LogP contribution in [-0.4, -0.2) is 80.0 Å². The first-order valence-electron chi connectivity index (χ1n) is 19.6. The van der Waals surface area contributed by atoms with E-state index in [9.17, 15) is 19.2 Å².